The van der Waals surface area contributed by atoms with Crippen LogP contribution in [0.25, 0.3) is 0 Å². The topological polar surface area (TPSA) is 73.8 Å². The van der Waals surface area contributed by atoms with Crippen LogP contribution in [0.1, 0.15) is 18.1 Å². The van der Waals surface area contributed by atoms with Crippen LogP contribution in [0.3, 0.4) is 0 Å². The van der Waals surface area contributed by atoms with Crippen LogP contribution in [0.2, 0.25) is 0 Å². The van der Waals surface area contributed by atoms with E-state index in [2.05, 4.69) is 10.6 Å². The number of amides is 1. The molecular weight excluding hydrogens is 294 g/mol. The number of hydrogen-bond acceptors (Lipinski definition) is 5. The largest absolute Gasteiger partial charge is 0.491 e. The Morgan fingerprint density at radius 2 is 2.17 bits per heavy atom. The Hall–Kier alpha value is -1.63. The van der Waals surface area contributed by atoms with Crippen LogP contribution in [0.4, 0.5) is 0 Å². The number of carbonyl (C=O) groups is 1. The Morgan fingerprint density at radius 3 is 2.83 bits per heavy atom. The number of rotatable bonds is 6. The number of para-hydroxylation sites is 1. The number of nitrogens with zero attached hydrogens (tertiary/aromatic N) is 1. The van der Waals surface area contributed by atoms with Crippen molar-refractivity contribution >= 4 is 5.91 Å². The van der Waals surface area contributed by atoms with E-state index in [0.717, 1.165) is 23.4 Å². The van der Waals surface area contributed by atoms with E-state index < -0.39 is 6.23 Å². The van der Waals surface area contributed by atoms with E-state index in [4.69, 9.17) is 4.74 Å². The Morgan fingerprint density at radius 1 is 1.48 bits per heavy atom. The average molecular weight is 321 g/mol. The van der Waals surface area contributed by atoms with Gasteiger partial charge < -0.3 is 20.5 Å². The summed E-state index contributed by atoms with van der Waals surface area (Å²) in [5, 5.41) is 15.8. The van der Waals surface area contributed by atoms with Crippen LogP contribution in [-0.2, 0) is 4.79 Å². The summed E-state index contributed by atoms with van der Waals surface area (Å²) in [4.78, 5) is 13.8. The van der Waals surface area contributed by atoms with Gasteiger partial charge in [0.15, 0.2) is 0 Å². The molecule has 1 saturated heterocycles. The molecule has 0 bridgehead atoms. The maximum Gasteiger partial charge on any atom is 0.234 e. The molecule has 1 aliphatic rings. The summed E-state index contributed by atoms with van der Waals surface area (Å²) in [7, 11) is 0. The highest BCUT2D eigenvalue weighted by atomic mass is 16.5. The molecule has 2 atom stereocenters. The second kappa shape index (κ2) is 8.29. The zero-order valence-corrected chi connectivity index (χ0v) is 14.1. The first-order valence-corrected chi connectivity index (χ1v) is 8.08. The fourth-order valence-electron chi connectivity index (χ4n) is 2.70. The van der Waals surface area contributed by atoms with Crippen LogP contribution in [0, 0.1) is 13.8 Å². The number of hydrogen-bond donors (Lipinski definition) is 3. The summed E-state index contributed by atoms with van der Waals surface area (Å²) in [6.45, 7) is 8.52. The van der Waals surface area contributed by atoms with Gasteiger partial charge in [-0.2, -0.15) is 0 Å². The molecule has 6 nitrogen and oxygen atoms in total. The summed E-state index contributed by atoms with van der Waals surface area (Å²) in [6, 6.07) is 5.93. The highest BCUT2D eigenvalue weighted by Gasteiger charge is 2.22. The molecule has 2 rings (SSSR count). The Kier molecular flexibility index (Phi) is 6.38. The van der Waals surface area contributed by atoms with E-state index in [1.165, 1.54) is 0 Å². The van der Waals surface area contributed by atoms with E-state index in [9.17, 15) is 9.90 Å². The molecular formula is C17H27N3O3. The second-order valence-corrected chi connectivity index (χ2v) is 6.16. The number of ether oxygens (including phenoxy) is 1. The van der Waals surface area contributed by atoms with E-state index in [1.807, 2.05) is 39.0 Å². The third-order valence-corrected chi connectivity index (χ3v) is 3.96. The molecule has 0 aromatic heterocycles. The van der Waals surface area contributed by atoms with Crippen molar-refractivity contribution in [1.29, 1.82) is 0 Å². The molecule has 1 amide bonds. The van der Waals surface area contributed by atoms with Crippen LogP contribution >= 0.6 is 0 Å². The predicted octanol–water partition coefficient (Wildman–Crippen LogP) is 0.411. The van der Waals surface area contributed by atoms with Crippen molar-refractivity contribution in [2.24, 2.45) is 0 Å². The molecule has 1 fully saturated rings. The Bertz CT molecular complexity index is 516. The molecule has 23 heavy (non-hydrogen) atoms. The lowest BCUT2D eigenvalue weighted by Gasteiger charge is -2.32. The van der Waals surface area contributed by atoms with Gasteiger partial charge in [0.25, 0.3) is 0 Å². The van der Waals surface area contributed by atoms with Crippen molar-refractivity contribution in [2.75, 3.05) is 32.8 Å². The van der Waals surface area contributed by atoms with Crippen molar-refractivity contribution in [1.82, 2.24) is 15.5 Å². The zero-order chi connectivity index (χ0) is 16.8. The van der Waals surface area contributed by atoms with Crippen LogP contribution < -0.4 is 15.4 Å². The first-order valence-electron chi connectivity index (χ1n) is 8.08. The van der Waals surface area contributed by atoms with Crippen LogP contribution in [-0.4, -0.2) is 61.0 Å². The van der Waals surface area contributed by atoms with Crippen LogP contribution in [0.15, 0.2) is 18.2 Å². The van der Waals surface area contributed by atoms with E-state index in [1.54, 1.807) is 4.90 Å². The molecule has 0 aliphatic carbocycles. The number of aryl methyl sites for hydroxylation is 2. The summed E-state index contributed by atoms with van der Waals surface area (Å²) in [5.41, 5.74) is 2.18. The molecule has 2 unspecified atom stereocenters. The lowest BCUT2D eigenvalue weighted by atomic mass is 10.1. The van der Waals surface area contributed by atoms with Crippen LogP contribution in [0.5, 0.6) is 5.75 Å². The normalized spacial score (nSPS) is 20.1. The fraction of sp³-hybridized carbons (Fsp3) is 0.588. The lowest BCUT2D eigenvalue weighted by Crippen LogP contribution is -2.54. The van der Waals surface area contributed by atoms with Gasteiger partial charge in [-0.15, -0.1) is 0 Å². The number of β-amino-alcohol motifs (C(OH)–C–C–N with tert-alkyl or cyclic N) is 1. The van der Waals surface area contributed by atoms with Crippen molar-refractivity contribution in [2.45, 2.75) is 33.0 Å². The smallest absolute Gasteiger partial charge is 0.234 e. The van der Waals surface area contributed by atoms with Gasteiger partial charge in [-0.05, 0) is 31.9 Å². The van der Waals surface area contributed by atoms with Gasteiger partial charge in [0.2, 0.25) is 5.91 Å². The summed E-state index contributed by atoms with van der Waals surface area (Å²) < 4.78 is 5.85. The minimum atomic E-state index is -0.601. The fourth-order valence-corrected chi connectivity index (χ4v) is 2.70. The maximum absolute atomic E-state index is 12.1. The standard InChI is InChI=1S/C17H27N3O3/c1-12-5-4-6-13(2)17(12)23-11-14(3)19-15(21)10-20-8-7-18-9-16(20)22/h4-6,14,16,18,22H,7-11H2,1-3H3,(H,19,21). The highest BCUT2D eigenvalue weighted by Crippen LogP contribution is 2.22. The molecule has 0 saturated carbocycles. The number of carbonyl (C=O) groups excluding carboxylic acids is 1. The summed E-state index contributed by atoms with van der Waals surface area (Å²) in [6.07, 6.45) is -0.601. The molecule has 0 radical (unpaired) electrons. The van der Waals surface area contributed by atoms with E-state index in [0.29, 0.717) is 19.7 Å². The maximum atomic E-state index is 12.1. The molecule has 1 heterocycles. The zero-order valence-electron chi connectivity index (χ0n) is 14.1. The second-order valence-electron chi connectivity index (χ2n) is 6.16. The van der Waals surface area contributed by atoms with Gasteiger partial charge >= 0.3 is 0 Å². The average Bonchev–Trinajstić information content (AvgIpc) is 2.49. The minimum absolute atomic E-state index is 0.0939. The van der Waals surface area contributed by atoms with E-state index >= 15 is 0 Å². The van der Waals surface area contributed by atoms with Crippen molar-refractivity contribution in [3.8, 4) is 5.75 Å². The summed E-state index contributed by atoms with van der Waals surface area (Å²) >= 11 is 0. The molecule has 6 heteroatoms. The Balaban J connectivity index is 1.78. The molecule has 128 valence electrons. The summed E-state index contributed by atoms with van der Waals surface area (Å²) in [5.74, 6) is 0.787. The highest BCUT2D eigenvalue weighted by molar-refractivity contribution is 5.78. The number of aliphatic hydroxyl groups excluding tert-OH is 1. The van der Waals surface area contributed by atoms with Gasteiger partial charge in [0.1, 0.15) is 18.6 Å². The van der Waals surface area contributed by atoms with Crippen molar-refractivity contribution in [3.63, 3.8) is 0 Å². The first-order chi connectivity index (χ1) is 11.0. The SMILES string of the molecule is Cc1cccc(C)c1OCC(C)NC(=O)CN1CCNCC1O. The minimum Gasteiger partial charge on any atom is -0.491 e. The van der Waals surface area contributed by atoms with Crippen molar-refractivity contribution < 1.29 is 14.6 Å². The van der Waals surface area contributed by atoms with E-state index in [-0.39, 0.29) is 18.5 Å². The molecule has 1 aromatic carbocycles. The third-order valence-electron chi connectivity index (χ3n) is 3.96. The quantitative estimate of drug-likeness (QED) is 0.708. The van der Waals surface area contributed by atoms with Gasteiger partial charge in [0, 0.05) is 19.6 Å². The third kappa shape index (κ3) is 5.20. The lowest BCUT2D eigenvalue weighted by molar-refractivity contribution is -0.126. The van der Waals surface area contributed by atoms with Gasteiger partial charge in [-0.1, -0.05) is 18.2 Å². The number of aliphatic hydroxyl groups is 1. The molecule has 1 aromatic rings. The van der Waals surface area contributed by atoms with Gasteiger partial charge in [-0.25, -0.2) is 0 Å². The van der Waals surface area contributed by atoms with Gasteiger partial charge in [0.05, 0.1) is 12.6 Å². The van der Waals surface area contributed by atoms with Crippen molar-refractivity contribution in [3.05, 3.63) is 29.3 Å². The molecule has 3 N–H and O–H groups in total. The van der Waals surface area contributed by atoms with Gasteiger partial charge in [-0.3, -0.25) is 9.69 Å². The Labute approximate surface area is 137 Å². The molecule has 0 spiro atoms. The first kappa shape index (κ1) is 17.7. The number of benzene rings is 1. The molecule has 1 aliphatic heterocycles. The number of piperazine rings is 1. The number of nitrogens with one attached hydrogen (secondary N) is 2. The predicted molar refractivity (Wildman–Crippen MR) is 89.5 cm³/mol. The monoisotopic (exact) mass is 321 g/mol.